The van der Waals surface area contributed by atoms with Gasteiger partial charge >= 0.3 is 0 Å². The molecule has 1 aliphatic carbocycles. The van der Waals surface area contributed by atoms with Gasteiger partial charge in [0.2, 0.25) is 0 Å². The average molecular weight is 324 g/mol. The molecule has 2 atom stereocenters. The van der Waals surface area contributed by atoms with Crippen LogP contribution < -0.4 is 5.32 Å². The van der Waals surface area contributed by atoms with Gasteiger partial charge in [0.25, 0.3) is 0 Å². The lowest BCUT2D eigenvalue weighted by Crippen LogP contribution is -2.30. The third-order valence-electron chi connectivity index (χ3n) is 4.55. The van der Waals surface area contributed by atoms with Crippen molar-refractivity contribution in [2.24, 2.45) is 11.1 Å². The first kappa shape index (κ1) is 16.2. The number of hydrogen-bond acceptors (Lipinski definition) is 5. The van der Waals surface area contributed by atoms with E-state index in [1.54, 1.807) is 36.4 Å². The molecule has 0 bridgehead atoms. The van der Waals surface area contributed by atoms with Crippen molar-refractivity contribution >= 4 is 17.2 Å². The van der Waals surface area contributed by atoms with Gasteiger partial charge in [-0.1, -0.05) is 18.6 Å². The number of phenolic OH excluding ortho intramolecular Hbond substituents is 1. The largest absolute Gasteiger partial charge is 0.508 e. The Bertz CT molecular complexity index is 710. The van der Waals surface area contributed by atoms with Crippen LogP contribution in [0, 0.1) is 10.8 Å². The van der Waals surface area contributed by atoms with Crippen molar-refractivity contribution in [3.63, 3.8) is 0 Å². The summed E-state index contributed by atoms with van der Waals surface area (Å²) in [6.07, 6.45) is 3.46. The molecule has 0 aromatic heterocycles. The molecule has 5 nitrogen and oxygen atoms in total. The first-order valence-corrected chi connectivity index (χ1v) is 8.19. The number of hydrogen-bond donors (Lipinski definition) is 2. The summed E-state index contributed by atoms with van der Waals surface area (Å²) in [5, 5.41) is 15.8. The molecule has 0 saturated heterocycles. The molecule has 1 fully saturated rings. The van der Waals surface area contributed by atoms with Gasteiger partial charge in [0.05, 0.1) is 6.04 Å². The third-order valence-corrected chi connectivity index (χ3v) is 4.55. The Morgan fingerprint density at radius 3 is 2.38 bits per heavy atom. The summed E-state index contributed by atoms with van der Waals surface area (Å²) in [6.45, 7) is 0. The van der Waals surface area contributed by atoms with Crippen LogP contribution >= 0.6 is 0 Å². The van der Waals surface area contributed by atoms with Crippen LogP contribution in [-0.2, 0) is 4.79 Å². The van der Waals surface area contributed by atoms with Crippen LogP contribution in [0.5, 0.6) is 5.75 Å². The zero-order valence-corrected chi connectivity index (χ0v) is 13.3. The molecule has 1 aliphatic rings. The fourth-order valence-electron chi connectivity index (χ4n) is 3.26. The molecule has 3 rings (SSSR count). The Kier molecular flexibility index (Phi) is 4.89. The molecule has 24 heavy (non-hydrogen) atoms. The Morgan fingerprint density at radius 2 is 1.75 bits per heavy atom. The zero-order valence-electron chi connectivity index (χ0n) is 13.3. The van der Waals surface area contributed by atoms with Gasteiger partial charge < -0.3 is 10.4 Å². The van der Waals surface area contributed by atoms with Gasteiger partial charge in [-0.05, 0) is 60.0 Å². The van der Waals surface area contributed by atoms with Gasteiger partial charge in [-0.25, -0.2) is 0 Å². The maximum atomic E-state index is 12.4. The van der Waals surface area contributed by atoms with Crippen molar-refractivity contribution in [3.8, 4) is 5.75 Å². The summed E-state index contributed by atoms with van der Waals surface area (Å²) >= 11 is 0. The van der Waals surface area contributed by atoms with Crippen LogP contribution in [0.25, 0.3) is 0 Å². The Balaban J connectivity index is 1.91. The number of Topliss-reactive ketones (excluding diaryl/α,β-unsaturated/α-hetero) is 1. The van der Waals surface area contributed by atoms with Crippen LogP contribution in [0.1, 0.15) is 37.3 Å². The summed E-state index contributed by atoms with van der Waals surface area (Å²) in [5.74, 6) is 0.380. The highest BCUT2D eigenvalue weighted by atomic mass is 16.3. The summed E-state index contributed by atoms with van der Waals surface area (Å²) in [7, 11) is 0. The molecule has 0 radical (unpaired) electrons. The lowest BCUT2D eigenvalue weighted by molar-refractivity contribution is -0.125. The smallest absolute Gasteiger partial charge is 0.138 e. The van der Waals surface area contributed by atoms with Gasteiger partial charge in [-0.15, -0.1) is 4.91 Å². The standard InChI is InChI=1S/C19H20N2O3/c22-16-11-9-14(10-12-16)20-19(17-3-1-2-4-18(17)23)13-5-7-15(21-24)8-6-13/h5-12,17,19-20,22H,1-4H2/t17-,19+/m0/s1. The summed E-state index contributed by atoms with van der Waals surface area (Å²) in [5.41, 5.74) is 2.17. The summed E-state index contributed by atoms with van der Waals surface area (Å²) in [4.78, 5) is 23.0. The fraction of sp³-hybridized carbons (Fsp3) is 0.316. The topological polar surface area (TPSA) is 78.8 Å². The zero-order chi connectivity index (χ0) is 16.9. The van der Waals surface area contributed by atoms with Gasteiger partial charge in [-0.3, -0.25) is 4.79 Å². The molecule has 2 aromatic carbocycles. The maximum Gasteiger partial charge on any atom is 0.138 e. The predicted octanol–water partition coefficient (Wildman–Crippen LogP) is 4.70. The number of rotatable bonds is 5. The van der Waals surface area contributed by atoms with Crippen LogP contribution in [0.3, 0.4) is 0 Å². The van der Waals surface area contributed by atoms with E-state index in [1.807, 2.05) is 12.1 Å². The lowest BCUT2D eigenvalue weighted by atomic mass is 9.80. The van der Waals surface area contributed by atoms with Crippen LogP contribution in [0.2, 0.25) is 0 Å². The Labute approximate surface area is 140 Å². The number of phenols is 1. The highest BCUT2D eigenvalue weighted by Crippen LogP contribution is 2.35. The molecule has 0 unspecified atom stereocenters. The van der Waals surface area contributed by atoms with E-state index in [4.69, 9.17) is 0 Å². The van der Waals surface area contributed by atoms with E-state index in [-0.39, 0.29) is 23.5 Å². The molecule has 2 aromatic rings. The van der Waals surface area contributed by atoms with E-state index in [0.29, 0.717) is 12.1 Å². The van der Waals surface area contributed by atoms with Crippen LogP contribution in [0.4, 0.5) is 11.4 Å². The van der Waals surface area contributed by atoms with E-state index in [9.17, 15) is 14.8 Å². The van der Waals surface area contributed by atoms with Crippen molar-refractivity contribution in [1.82, 2.24) is 0 Å². The number of nitroso groups, excluding NO2 is 1. The van der Waals surface area contributed by atoms with Crippen molar-refractivity contribution in [2.75, 3.05) is 5.32 Å². The van der Waals surface area contributed by atoms with Gasteiger partial charge in [0.15, 0.2) is 0 Å². The van der Waals surface area contributed by atoms with Crippen molar-refractivity contribution in [3.05, 3.63) is 59.0 Å². The van der Waals surface area contributed by atoms with E-state index < -0.39 is 0 Å². The predicted molar refractivity (Wildman–Crippen MR) is 93.3 cm³/mol. The molecular weight excluding hydrogens is 304 g/mol. The quantitative estimate of drug-likeness (QED) is 0.617. The maximum absolute atomic E-state index is 12.4. The second-order valence-corrected chi connectivity index (χ2v) is 6.17. The molecule has 0 heterocycles. The van der Waals surface area contributed by atoms with E-state index in [1.165, 1.54) is 0 Å². The first-order valence-electron chi connectivity index (χ1n) is 8.19. The Hall–Kier alpha value is -2.69. The van der Waals surface area contributed by atoms with E-state index in [0.717, 1.165) is 30.5 Å². The molecular formula is C19H20N2O3. The SMILES string of the molecule is O=Nc1ccc([C@@H](Nc2ccc(O)cc2)[C@H]2CCCCC2=O)cc1. The number of anilines is 1. The second kappa shape index (κ2) is 7.25. The normalized spacial score (nSPS) is 18.8. The van der Waals surface area contributed by atoms with Gasteiger partial charge in [-0.2, -0.15) is 0 Å². The minimum Gasteiger partial charge on any atom is -0.508 e. The molecule has 124 valence electrons. The Morgan fingerprint density at radius 1 is 1.04 bits per heavy atom. The summed E-state index contributed by atoms with van der Waals surface area (Å²) < 4.78 is 0. The highest BCUT2D eigenvalue weighted by Gasteiger charge is 2.31. The van der Waals surface area contributed by atoms with Crippen molar-refractivity contribution in [2.45, 2.75) is 31.7 Å². The lowest BCUT2D eigenvalue weighted by Gasteiger charge is -2.31. The number of carbonyl (C=O) groups excluding carboxylic acids is 1. The molecule has 5 heteroatoms. The van der Waals surface area contributed by atoms with Crippen molar-refractivity contribution < 1.29 is 9.90 Å². The number of nitrogens with zero attached hydrogens (tertiary/aromatic N) is 1. The molecule has 2 N–H and O–H groups in total. The number of nitrogens with one attached hydrogen (secondary N) is 1. The number of benzene rings is 2. The van der Waals surface area contributed by atoms with Crippen LogP contribution in [-0.4, -0.2) is 10.9 Å². The van der Waals surface area contributed by atoms with Crippen molar-refractivity contribution in [1.29, 1.82) is 0 Å². The number of aromatic hydroxyl groups is 1. The fourth-order valence-corrected chi connectivity index (χ4v) is 3.26. The monoisotopic (exact) mass is 324 g/mol. The molecule has 0 spiro atoms. The average Bonchev–Trinajstić information content (AvgIpc) is 2.62. The molecule has 0 aliphatic heterocycles. The van der Waals surface area contributed by atoms with E-state index in [2.05, 4.69) is 10.5 Å². The van der Waals surface area contributed by atoms with Gasteiger partial charge in [0, 0.05) is 18.0 Å². The second-order valence-electron chi connectivity index (χ2n) is 6.17. The first-order chi connectivity index (χ1) is 11.7. The minimum absolute atomic E-state index is 0.0948. The highest BCUT2D eigenvalue weighted by molar-refractivity contribution is 5.83. The summed E-state index contributed by atoms with van der Waals surface area (Å²) in [6, 6.07) is 13.7. The minimum atomic E-state index is -0.164. The number of ketones is 1. The van der Waals surface area contributed by atoms with Gasteiger partial charge in [0.1, 0.15) is 17.2 Å². The van der Waals surface area contributed by atoms with Crippen LogP contribution in [0.15, 0.2) is 53.7 Å². The third kappa shape index (κ3) is 3.62. The molecule has 1 saturated carbocycles. The molecule has 0 amide bonds. The van der Waals surface area contributed by atoms with E-state index >= 15 is 0 Å². The number of carbonyl (C=O) groups is 1.